The molecule has 1 aromatic heterocycles. The number of carbonyl (C=O) groups is 1. The van der Waals surface area contributed by atoms with Crippen molar-refractivity contribution < 1.29 is 13.2 Å². The number of hydrogen-bond acceptors (Lipinski definition) is 4. The summed E-state index contributed by atoms with van der Waals surface area (Å²) in [6.45, 7) is 4.64. The Labute approximate surface area is 161 Å². The van der Waals surface area contributed by atoms with Gasteiger partial charge in [-0.2, -0.15) is 4.31 Å². The first-order valence-electron chi connectivity index (χ1n) is 7.61. The van der Waals surface area contributed by atoms with Gasteiger partial charge in [-0.3, -0.25) is 4.79 Å². The lowest BCUT2D eigenvalue weighted by molar-refractivity contribution is 0.0951. The van der Waals surface area contributed by atoms with E-state index in [0.717, 1.165) is 16.2 Å². The van der Waals surface area contributed by atoms with Crippen LogP contribution in [0.15, 0.2) is 34.5 Å². The van der Waals surface area contributed by atoms with Gasteiger partial charge in [-0.05, 0) is 30.3 Å². The van der Waals surface area contributed by atoms with E-state index in [9.17, 15) is 13.2 Å². The number of amides is 1. The molecule has 9 heteroatoms. The predicted octanol–water partition coefficient (Wildman–Crippen LogP) is 4.02. The average molecular weight is 421 g/mol. The summed E-state index contributed by atoms with van der Waals surface area (Å²) in [6, 6.07) is 7.89. The molecule has 2 rings (SSSR count). The van der Waals surface area contributed by atoms with E-state index in [0.29, 0.717) is 23.7 Å². The molecule has 1 heterocycles. The molecule has 0 aliphatic heterocycles. The third kappa shape index (κ3) is 4.74. The molecule has 0 fully saturated rings. The van der Waals surface area contributed by atoms with Crippen LogP contribution in [-0.4, -0.2) is 31.7 Å². The predicted molar refractivity (Wildman–Crippen MR) is 102 cm³/mol. The Bertz CT molecular complexity index is 862. The molecule has 25 heavy (non-hydrogen) atoms. The van der Waals surface area contributed by atoms with Crippen LogP contribution in [0.1, 0.15) is 29.1 Å². The molecule has 0 aliphatic rings. The highest BCUT2D eigenvalue weighted by Crippen LogP contribution is 2.25. The highest BCUT2D eigenvalue weighted by Gasteiger charge is 2.23. The van der Waals surface area contributed by atoms with Crippen molar-refractivity contribution in [1.29, 1.82) is 0 Å². The number of sulfonamides is 1. The van der Waals surface area contributed by atoms with E-state index in [1.54, 1.807) is 38.1 Å². The van der Waals surface area contributed by atoms with Gasteiger partial charge in [-0.1, -0.05) is 37.0 Å². The molecule has 0 atom stereocenters. The standard InChI is InChI=1S/C16H18Cl2N2O3S2/c1-3-20(4-2)25(22,23)15-8-6-12(24-15)10-19-16(21)13-7-5-11(17)9-14(13)18/h5-9H,3-4,10H2,1-2H3,(H,19,21). The fourth-order valence-corrected chi connectivity index (χ4v) is 5.62. The molecule has 0 bridgehead atoms. The Morgan fingerprint density at radius 3 is 2.44 bits per heavy atom. The molecule has 5 nitrogen and oxygen atoms in total. The highest BCUT2D eigenvalue weighted by molar-refractivity contribution is 7.91. The van der Waals surface area contributed by atoms with Gasteiger partial charge in [0.05, 0.1) is 17.1 Å². The van der Waals surface area contributed by atoms with Crippen molar-refractivity contribution in [2.75, 3.05) is 13.1 Å². The molecule has 0 aliphatic carbocycles. The number of halogens is 2. The van der Waals surface area contributed by atoms with Gasteiger partial charge in [-0.15, -0.1) is 11.3 Å². The van der Waals surface area contributed by atoms with E-state index >= 15 is 0 Å². The Kier molecular flexibility index (Phi) is 6.87. The maximum atomic E-state index is 12.5. The first-order chi connectivity index (χ1) is 11.8. The summed E-state index contributed by atoms with van der Waals surface area (Å²) in [6.07, 6.45) is 0. The number of hydrogen-bond donors (Lipinski definition) is 1. The van der Waals surface area contributed by atoms with Crippen LogP contribution in [-0.2, 0) is 16.6 Å². The van der Waals surface area contributed by atoms with E-state index in [1.807, 2.05) is 0 Å². The zero-order valence-corrected chi connectivity index (χ0v) is 16.9. The van der Waals surface area contributed by atoms with Crippen molar-refractivity contribution in [3.05, 3.63) is 50.8 Å². The lowest BCUT2D eigenvalue weighted by Gasteiger charge is -2.16. The topological polar surface area (TPSA) is 66.5 Å². The van der Waals surface area contributed by atoms with Crippen LogP contribution in [0.3, 0.4) is 0 Å². The Morgan fingerprint density at radius 2 is 1.84 bits per heavy atom. The maximum absolute atomic E-state index is 12.5. The second-order valence-electron chi connectivity index (χ2n) is 5.12. The molecular weight excluding hydrogens is 403 g/mol. The van der Waals surface area contributed by atoms with E-state index in [-0.39, 0.29) is 21.7 Å². The SMILES string of the molecule is CCN(CC)S(=O)(=O)c1ccc(CNC(=O)c2ccc(Cl)cc2Cl)s1. The fraction of sp³-hybridized carbons (Fsp3) is 0.312. The number of nitrogens with one attached hydrogen (secondary N) is 1. The molecule has 0 radical (unpaired) electrons. The first-order valence-corrected chi connectivity index (χ1v) is 10.6. The number of nitrogens with zero attached hydrogens (tertiary/aromatic N) is 1. The van der Waals surface area contributed by atoms with Gasteiger partial charge in [0.2, 0.25) is 0 Å². The van der Waals surface area contributed by atoms with Crippen LogP contribution < -0.4 is 5.32 Å². The van der Waals surface area contributed by atoms with Crippen molar-refractivity contribution in [2.45, 2.75) is 24.6 Å². The Hall–Kier alpha value is -1.12. The van der Waals surface area contributed by atoms with Crippen LogP contribution >= 0.6 is 34.5 Å². The van der Waals surface area contributed by atoms with Gasteiger partial charge >= 0.3 is 0 Å². The van der Waals surface area contributed by atoms with Crippen LogP contribution in [0.2, 0.25) is 10.0 Å². The first kappa shape index (κ1) is 20.2. The monoisotopic (exact) mass is 420 g/mol. The molecule has 1 amide bonds. The molecule has 1 aromatic carbocycles. The second kappa shape index (κ2) is 8.51. The molecule has 0 saturated carbocycles. The molecule has 0 saturated heterocycles. The molecule has 136 valence electrons. The summed E-state index contributed by atoms with van der Waals surface area (Å²) in [7, 11) is -3.48. The van der Waals surface area contributed by atoms with Crippen LogP contribution in [0.5, 0.6) is 0 Å². The summed E-state index contributed by atoms with van der Waals surface area (Å²) < 4.78 is 26.6. The minimum absolute atomic E-state index is 0.218. The smallest absolute Gasteiger partial charge is 0.253 e. The lowest BCUT2D eigenvalue weighted by Crippen LogP contribution is -2.30. The van der Waals surface area contributed by atoms with Crippen molar-refractivity contribution in [3.8, 4) is 0 Å². The van der Waals surface area contributed by atoms with E-state index in [1.165, 1.54) is 10.4 Å². The lowest BCUT2D eigenvalue weighted by atomic mass is 10.2. The second-order valence-corrected chi connectivity index (χ2v) is 9.29. The third-order valence-corrected chi connectivity index (χ3v) is 7.69. The van der Waals surface area contributed by atoms with Crippen molar-refractivity contribution in [1.82, 2.24) is 9.62 Å². The largest absolute Gasteiger partial charge is 0.347 e. The molecule has 0 unspecified atom stereocenters. The Balaban J connectivity index is 2.08. The summed E-state index contributed by atoms with van der Waals surface area (Å²) in [4.78, 5) is 12.9. The zero-order chi connectivity index (χ0) is 18.6. The number of carbonyl (C=O) groups excluding carboxylic acids is 1. The number of thiophene rings is 1. The molecule has 1 N–H and O–H groups in total. The highest BCUT2D eigenvalue weighted by atomic mass is 35.5. The molecular formula is C16H18Cl2N2O3S2. The van der Waals surface area contributed by atoms with Crippen LogP contribution in [0, 0.1) is 0 Å². The summed E-state index contributed by atoms with van der Waals surface area (Å²) >= 11 is 13.0. The summed E-state index contributed by atoms with van der Waals surface area (Å²) in [5, 5.41) is 3.45. The van der Waals surface area contributed by atoms with Gasteiger partial charge in [0, 0.05) is 23.0 Å². The minimum atomic E-state index is -3.48. The maximum Gasteiger partial charge on any atom is 0.253 e. The van der Waals surface area contributed by atoms with Crippen LogP contribution in [0.4, 0.5) is 0 Å². The third-order valence-electron chi connectivity index (χ3n) is 3.54. The average Bonchev–Trinajstić information content (AvgIpc) is 3.03. The van der Waals surface area contributed by atoms with Gasteiger partial charge in [0.15, 0.2) is 0 Å². The van der Waals surface area contributed by atoms with Gasteiger partial charge in [0.1, 0.15) is 4.21 Å². The quantitative estimate of drug-likeness (QED) is 0.735. The Morgan fingerprint density at radius 1 is 1.16 bits per heavy atom. The minimum Gasteiger partial charge on any atom is -0.347 e. The normalized spacial score (nSPS) is 11.7. The van der Waals surface area contributed by atoms with E-state index in [2.05, 4.69) is 5.32 Å². The van der Waals surface area contributed by atoms with Gasteiger partial charge < -0.3 is 5.32 Å². The van der Waals surface area contributed by atoms with E-state index in [4.69, 9.17) is 23.2 Å². The van der Waals surface area contributed by atoms with E-state index < -0.39 is 10.0 Å². The molecule has 2 aromatic rings. The molecule has 0 spiro atoms. The van der Waals surface area contributed by atoms with Crippen LogP contribution in [0.25, 0.3) is 0 Å². The van der Waals surface area contributed by atoms with Crippen molar-refractivity contribution in [3.63, 3.8) is 0 Å². The number of rotatable bonds is 7. The summed E-state index contributed by atoms with van der Waals surface area (Å²) in [5.74, 6) is -0.344. The van der Waals surface area contributed by atoms with Crippen molar-refractivity contribution >= 4 is 50.5 Å². The van der Waals surface area contributed by atoms with Gasteiger partial charge in [0.25, 0.3) is 15.9 Å². The summed E-state index contributed by atoms with van der Waals surface area (Å²) in [5.41, 5.74) is 0.318. The fourth-order valence-electron chi connectivity index (χ4n) is 2.22. The van der Waals surface area contributed by atoms with Gasteiger partial charge in [-0.25, -0.2) is 8.42 Å². The zero-order valence-electron chi connectivity index (χ0n) is 13.8. The number of benzene rings is 1. The van der Waals surface area contributed by atoms with Crippen molar-refractivity contribution in [2.24, 2.45) is 0 Å².